The van der Waals surface area contributed by atoms with E-state index in [1.54, 1.807) is 18.2 Å². The summed E-state index contributed by atoms with van der Waals surface area (Å²) in [6, 6.07) is 6.74. The Kier molecular flexibility index (Phi) is 6.67. The van der Waals surface area contributed by atoms with E-state index in [1.165, 1.54) is 6.26 Å². The molecule has 0 bridgehead atoms. The topological polar surface area (TPSA) is 83.1 Å². The highest BCUT2D eigenvalue weighted by Gasteiger charge is 2.27. The predicted octanol–water partition coefficient (Wildman–Crippen LogP) is 3.09. The van der Waals surface area contributed by atoms with E-state index in [-0.39, 0.29) is 10.8 Å². The average molecular weight is 403 g/mol. The van der Waals surface area contributed by atoms with E-state index in [2.05, 4.69) is 21.8 Å². The van der Waals surface area contributed by atoms with Crippen molar-refractivity contribution in [2.24, 2.45) is 5.92 Å². The van der Waals surface area contributed by atoms with E-state index in [0.29, 0.717) is 6.42 Å². The monoisotopic (exact) mass is 402 g/mol. The van der Waals surface area contributed by atoms with Crippen LogP contribution in [0.25, 0.3) is 0 Å². The molecule has 1 aromatic heterocycles. The third-order valence-corrected chi connectivity index (χ3v) is 6.45. The van der Waals surface area contributed by atoms with Crippen LogP contribution in [0.4, 0.5) is 5.95 Å². The largest absolute Gasteiger partial charge is 0.341 e. The molecule has 3 rings (SSSR count). The molecule has 0 saturated carbocycles. The number of rotatable bonds is 7. The molecule has 1 aromatic carbocycles. The number of sulfone groups is 1. The van der Waals surface area contributed by atoms with Crippen LogP contribution in [0.5, 0.6) is 0 Å². The van der Waals surface area contributed by atoms with Crippen LogP contribution in [0.1, 0.15) is 37.3 Å². The number of benzene rings is 1. The molecule has 1 saturated heterocycles. The van der Waals surface area contributed by atoms with Crippen molar-refractivity contribution in [2.45, 2.75) is 50.0 Å². The zero-order valence-electron chi connectivity index (χ0n) is 16.5. The van der Waals surface area contributed by atoms with Crippen LogP contribution in [0.15, 0.2) is 41.6 Å². The molecule has 28 heavy (non-hydrogen) atoms. The van der Waals surface area contributed by atoms with Crippen molar-refractivity contribution in [1.82, 2.24) is 9.97 Å². The van der Waals surface area contributed by atoms with E-state index in [0.717, 1.165) is 55.8 Å². The summed E-state index contributed by atoms with van der Waals surface area (Å²) in [5.74, 6) is 0.819. The molecule has 0 amide bonds. The molecule has 7 heteroatoms. The minimum Gasteiger partial charge on any atom is -0.341 e. The first kappa shape index (κ1) is 20.7. The van der Waals surface area contributed by atoms with Gasteiger partial charge in [0.2, 0.25) is 5.95 Å². The minimum absolute atomic E-state index is 0.0810. The number of piperidine rings is 1. The summed E-state index contributed by atoms with van der Waals surface area (Å²) in [6.07, 6.45) is 8.27. The summed E-state index contributed by atoms with van der Waals surface area (Å²) in [6.45, 7) is 3.69. The normalized spacial score (nSPS) is 16.9. The van der Waals surface area contributed by atoms with Gasteiger partial charge in [-0.15, -0.1) is 0 Å². The van der Waals surface area contributed by atoms with Crippen molar-refractivity contribution < 1.29 is 13.5 Å². The van der Waals surface area contributed by atoms with Crippen LogP contribution in [0, 0.1) is 5.92 Å². The Labute approximate surface area is 167 Å². The van der Waals surface area contributed by atoms with Gasteiger partial charge in [-0.25, -0.2) is 23.5 Å². The second kappa shape index (κ2) is 9.01. The van der Waals surface area contributed by atoms with Crippen LogP contribution >= 0.6 is 0 Å². The second-order valence-corrected chi connectivity index (χ2v) is 9.64. The summed E-state index contributed by atoms with van der Waals surface area (Å²) in [4.78, 5) is 11.4. The van der Waals surface area contributed by atoms with E-state index < -0.39 is 15.9 Å². The maximum atomic E-state index is 12.8. The van der Waals surface area contributed by atoms with Gasteiger partial charge in [0.15, 0.2) is 9.84 Å². The van der Waals surface area contributed by atoms with Gasteiger partial charge in [-0.2, -0.15) is 0 Å². The summed E-state index contributed by atoms with van der Waals surface area (Å²) >= 11 is 0. The lowest BCUT2D eigenvalue weighted by Gasteiger charge is -2.33. The number of aryl methyl sites for hydroxylation is 1. The Bertz CT molecular complexity index is 876. The zero-order chi connectivity index (χ0) is 20.1. The average Bonchev–Trinajstić information content (AvgIpc) is 2.68. The van der Waals surface area contributed by atoms with Gasteiger partial charge < -0.3 is 4.90 Å². The van der Waals surface area contributed by atoms with Gasteiger partial charge in [0.25, 0.3) is 0 Å². The SMILES string of the molecule is CCCc1cnc(N2CCC(C([O])Cc3cccc(S(C)(=O)=O)c3)CC2)nc1. The van der Waals surface area contributed by atoms with Crippen LogP contribution in [-0.2, 0) is 27.8 Å². The van der Waals surface area contributed by atoms with Crippen LogP contribution in [-0.4, -0.2) is 43.8 Å². The van der Waals surface area contributed by atoms with Gasteiger partial charge >= 0.3 is 0 Å². The van der Waals surface area contributed by atoms with Gasteiger partial charge in [0.1, 0.15) is 0 Å². The molecular weight excluding hydrogens is 374 g/mol. The molecule has 1 atom stereocenters. The standard InChI is InChI=1S/C21H28N3O3S/c1-3-5-17-14-22-21(23-15-17)24-10-8-18(9-11-24)20(25)13-16-6-4-7-19(12-16)28(2,26)27/h4,6-7,12,14-15,18,20H,3,5,8-11,13H2,1-2H3. The number of hydrogen-bond acceptors (Lipinski definition) is 5. The number of anilines is 1. The van der Waals surface area contributed by atoms with Crippen LogP contribution < -0.4 is 4.90 Å². The second-order valence-electron chi connectivity index (χ2n) is 7.63. The fraction of sp³-hybridized carbons (Fsp3) is 0.524. The fourth-order valence-corrected chi connectivity index (χ4v) is 4.39. The van der Waals surface area contributed by atoms with Crippen molar-refractivity contribution in [2.75, 3.05) is 24.2 Å². The molecule has 0 N–H and O–H groups in total. The Morgan fingerprint density at radius 3 is 2.43 bits per heavy atom. The molecule has 0 aliphatic carbocycles. The molecule has 1 radical (unpaired) electrons. The number of aromatic nitrogens is 2. The Morgan fingerprint density at radius 1 is 1.14 bits per heavy atom. The molecule has 151 valence electrons. The molecule has 1 aliphatic rings. The van der Waals surface area contributed by atoms with Crippen molar-refractivity contribution in [3.8, 4) is 0 Å². The van der Waals surface area contributed by atoms with Gasteiger partial charge in [-0.3, -0.25) is 0 Å². The predicted molar refractivity (Wildman–Crippen MR) is 109 cm³/mol. The zero-order valence-corrected chi connectivity index (χ0v) is 17.4. The lowest BCUT2D eigenvalue weighted by atomic mass is 9.88. The van der Waals surface area contributed by atoms with E-state index in [4.69, 9.17) is 0 Å². The lowest BCUT2D eigenvalue weighted by Crippen LogP contribution is -2.39. The maximum absolute atomic E-state index is 12.8. The number of nitrogens with zero attached hydrogens (tertiary/aromatic N) is 3. The van der Waals surface area contributed by atoms with Crippen molar-refractivity contribution >= 4 is 15.8 Å². The molecule has 0 spiro atoms. The molecule has 6 nitrogen and oxygen atoms in total. The quantitative estimate of drug-likeness (QED) is 0.711. The van der Waals surface area contributed by atoms with Crippen molar-refractivity contribution in [3.63, 3.8) is 0 Å². The lowest BCUT2D eigenvalue weighted by molar-refractivity contribution is 0.0270. The van der Waals surface area contributed by atoms with E-state index in [9.17, 15) is 13.5 Å². The molecule has 1 fully saturated rings. The fourth-order valence-electron chi connectivity index (χ4n) is 3.70. The minimum atomic E-state index is -3.25. The summed E-state index contributed by atoms with van der Waals surface area (Å²) < 4.78 is 23.4. The number of hydrogen-bond donors (Lipinski definition) is 0. The summed E-state index contributed by atoms with van der Waals surface area (Å²) in [7, 11) is -3.25. The third kappa shape index (κ3) is 5.29. The van der Waals surface area contributed by atoms with Gasteiger partial charge in [0, 0.05) is 38.2 Å². The van der Waals surface area contributed by atoms with E-state index >= 15 is 0 Å². The first-order valence-electron chi connectivity index (χ1n) is 9.87. The Hall–Kier alpha value is -1.99. The molecule has 2 heterocycles. The van der Waals surface area contributed by atoms with Crippen LogP contribution in [0.3, 0.4) is 0 Å². The van der Waals surface area contributed by atoms with Gasteiger partial charge in [0.05, 0.1) is 11.0 Å². The smallest absolute Gasteiger partial charge is 0.225 e. The Morgan fingerprint density at radius 2 is 1.82 bits per heavy atom. The van der Waals surface area contributed by atoms with Crippen LogP contribution in [0.2, 0.25) is 0 Å². The maximum Gasteiger partial charge on any atom is 0.225 e. The highest BCUT2D eigenvalue weighted by Crippen LogP contribution is 2.26. The van der Waals surface area contributed by atoms with Gasteiger partial charge in [-0.05, 0) is 48.4 Å². The third-order valence-electron chi connectivity index (χ3n) is 5.34. The molecule has 1 unspecified atom stereocenters. The highest BCUT2D eigenvalue weighted by molar-refractivity contribution is 7.90. The first-order valence-corrected chi connectivity index (χ1v) is 11.8. The summed E-state index contributed by atoms with van der Waals surface area (Å²) in [5.41, 5.74) is 1.94. The molecular formula is C21H28N3O3S. The van der Waals surface area contributed by atoms with Crippen molar-refractivity contribution in [3.05, 3.63) is 47.8 Å². The molecule has 2 aromatic rings. The summed E-state index contributed by atoms with van der Waals surface area (Å²) in [5, 5.41) is 12.8. The van der Waals surface area contributed by atoms with E-state index in [1.807, 2.05) is 18.5 Å². The Balaban J connectivity index is 1.56. The molecule has 1 aliphatic heterocycles. The first-order chi connectivity index (χ1) is 13.4. The van der Waals surface area contributed by atoms with Crippen molar-refractivity contribution in [1.29, 1.82) is 0 Å². The van der Waals surface area contributed by atoms with Gasteiger partial charge in [-0.1, -0.05) is 25.5 Å². The highest BCUT2D eigenvalue weighted by atomic mass is 32.2.